The molecule has 0 saturated heterocycles. The number of imidazole rings is 1. The van der Waals surface area contributed by atoms with Crippen LogP contribution in [0.3, 0.4) is 0 Å². The first-order chi connectivity index (χ1) is 15.1. The molecule has 0 fully saturated rings. The van der Waals surface area contributed by atoms with Gasteiger partial charge >= 0.3 is 0 Å². The van der Waals surface area contributed by atoms with Crippen molar-refractivity contribution in [2.24, 2.45) is 0 Å². The molecule has 1 heterocycles. The van der Waals surface area contributed by atoms with Gasteiger partial charge in [0.25, 0.3) is 0 Å². The second-order valence-electron chi connectivity index (χ2n) is 6.91. The topological polar surface area (TPSA) is 67.0 Å². The highest BCUT2D eigenvalue weighted by Gasteiger charge is 2.23. The third-order valence-electron chi connectivity index (χ3n) is 4.69. The zero-order valence-corrected chi connectivity index (χ0v) is 17.8. The molecule has 0 spiro atoms. The largest absolute Gasteiger partial charge is 0.494 e. The fourth-order valence-corrected chi connectivity index (χ4v) is 4.20. The Morgan fingerprint density at radius 2 is 1.90 bits per heavy atom. The van der Waals surface area contributed by atoms with Gasteiger partial charge in [-0.3, -0.25) is 4.79 Å². The Morgan fingerprint density at radius 1 is 1.13 bits per heavy atom. The zero-order valence-electron chi connectivity index (χ0n) is 17.0. The van der Waals surface area contributed by atoms with Crippen molar-refractivity contribution in [2.75, 3.05) is 6.61 Å². The number of carbonyl (C=O) groups excluding carboxylic acids is 1. The lowest BCUT2D eigenvalue weighted by molar-refractivity contribution is -0.120. The molecule has 7 heteroatoms. The monoisotopic (exact) mass is 435 g/mol. The summed E-state index contributed by atoms with van der Waals surface area (Å²) in [6.45, 7) is 2.85. The van der Waals surface area contributed by atoms with Crippen LogP contribution in [-0.4, -0.2) is 22.5 Å². The van der Waals surface area contributed by atoms with Crippen molar-refractivity contribution in [3.05, 3.63) is 89.7 Å². The van der Waals surface area contributed by atoms with Gasteiger partial charge in [0.15, 0.2) is 5.16 Å². The first-order valence-electron chi connectivity index (χ1n) is 9.98. The van der Waals surface area contributed by atoms with Crippen molar-refractivity contribution in [2.45, 2.75) is 23.9 Å². The molecule has 0 aliphatic carbocycles. The molecular weight excluding hydrogens is 413 g/mol. The molecule has 4 aromatic rings. The molecule has 0 aliphatic heterocycles. The van der Waals surface area contributed by atoms with Crippen molar-refractivity contribution in [3.8, 4) is 5.75 Å². The molecule has 0 aliphatic rings. The number of fused-ring (bicyclic) bond motifs is 1. The Labute approximate surface area is 184 Å². The number of nitrogens with zero attached hydrogens (tertiary/aromatic N) is 1. The number of amides is 1. The molecule has 0 unspecified atom stereocenters. The Balaban J connectivity index is 1.54. The predicted octanol–water partition coefficient (Wildman–Crippen LogP) is 5.25. The molecule has 0 radical (unpaired) electrons. The van der Waals surface area contributed by atoms with Gasteiger partial charge in [-0.2, -0.15) is 0 Å². The predicted molar refractivity (Wildman–Crippen MR) is 121 cm³/mol. The highest BCUT2D eigenvalue weighted by Crippen LogP contribution is 2.35. The first-order valence-corrected chi connectivity index (χ1v) is 10.9. The quantitative estimate of drug-likeness (QED) is 0.371. The molecule has 0 bridgehead atoms. The Morgan fingerprint density at radius 3 is 2.65 bits per heavy atom. The molecule has 2 N–H and O–H groups in total. The first kappa shape index (κ1) is 20.9. The highest BCUT2D eigenvalue weighted by atomic mass is 32.2. The van der Waals surface area contributed by atoms with Crippen molar-refractivity contribution >= 4 is 28.7 Å². The smallest absolute Gasteiger partial charge is 0.238 e. The number of aromatic nitrogens is 2. The van der Waals surface area contributed by atoms with Crippen molar-refractivity contribution < 1.29 is 13.9 Å². The van der Waals surface area contributed by atoms with Crippen LogP contribution >= 0.6 is 11.8 Å². The van der Waals surface area contributed by atoms with Crippen LogP contribution in [0.1, 0.15) is 23.3 Å². The number of thioether (sulfide) groups is 1. The summed E-state index contributed by atoms with van der Waals surface area (Å²) in [6.07, 6.45) is 0. The Hall–Kier alpha value is -3.32. The molecule has 1 amide bonds. The van der Waals surface area contributed by atoms with E-state index >= 15 is 0 Å². The van der Waals surface area contributed by atoms with E-state index in [1.54, 1.807) is 12.1 Å². The molecule has 158 valence electrons. The number of hydrogen-bond acceptors (Lipinski definition) is 4. The summed E-state index contributed by atoms with van der Waals surface area (Å²) in [6, 6.07) is 21.3. The van der Waals surface area contributed by atoms with E-state index in [1.165, 1.54) is 23.9 Å². The number of aromatic amines is 1. The number of benzene rings is 3. The van der Waals surface area contributed by atoms with Gasteiger partial charge in [-0.25, -0.2) is 9.37 Å². The standard InChI is InChI=1S/C24H22FN3O2S/c1-2-30-19-12-13-20-21(14-19)28-24(27-20)31-22(17-6-4-3-5-7-17)23(29)26-15-16-8-10-18(25)11-9-16/h3-14,22H,2,15H2,1H3,(H,26,29)(H,27,28)/t22-/m0/s1. The number of ether oxygens (including phenoxy) is 1. The average molecular weight is 436 g/mol. The van der Waals surface area contributed by atoms with Crippen molar-refractivity contribution in [1.82, 2.24) is 15.3 Å². The summed E-state index contributed by atoms with van der Waals surface area (Å²) in [5, 5.41) is 3.11. The lowest BCUT2D eigenvalue weighted by Crippen LogP contribution is -2.27. The van der Waals surface area contributed by atoms with Crippen LogP contribution in [0.4, 0.5) is 4.39 Å². The van der Waals surface area contributed by atoms with E-state index in [2.05, 4.69) is 15.3 Å². The van der Waals surface area contributed by atoms with Gasteiger partial charge in [0.05, 0.1) is 17.6 Å². The van der Waals surface area contributed by atoms with Crippen molar-refractivity contribution in [1.29, 1.82) is 0 Å². The zero-order chi connectivity index (χ0) is 21.6. The SMILES string of the molecule is CCOc1ccc2nc(S[C@H](C(=O)NCc3ccc(F)cc3)c3ccccc3)[nH]c2c1. The van der Waals surface area contributed by atoms with Crippen LogP contribution in [0.15, 0.2) is 78.0 Å². The second kappa shape index (κ2) is 9.66. The van der Waals surface area contributed by atoms with Crippen LogP contribution in [0.25, 0.3) is 11.0 Å². The Bertz CT molecular complexity index is 1160. The normalized spacial score (nSPS) is 11.9. The summed E-state index contributed by atoms with van der Waals surface area (Å²) >= 11 is 1.35. The van der Waals surface area contributed by atoms with E-state index in [4.69, 9.17) is 4.74 Å². The van der Waals surface area contributed by atoms with Crippen LogP contribution in [-0.2, 0) is 11.3 Å². The third-order valence-corrected chi connectivity index (χ3v) is 5.83. The molecule has 5 nitrogen and oxygen atoms in total. The van der Waals surface area contributed by atoms with Gasteiger partial charge in [0.1, 0.15) is 16.8 Å². The number of hydrogen-bond donors (Lipinski definition) is 2. The lowest BCUT2D eigenvalue weighted by atomic mass is 10.1. The summed E-state index contributed by atoms with van der Waals surface area (Å²) in [5.41, 5.74) is 3.37. The van der Waals surface area contributed by atoms with E-state index in [0.29, 0.717) is 18.3 Å². The van der Waals surface area contributed by atoms with Gasteiger partial charge in [-0.05, 0) is 42.3 Å². The number of halogens is 1. The second-order valence-corrected chi connectivity index (χ2v) is 8.00. The molecule has 31 heavy (non-hydrogen) atoms. The fraction of sp³-hybridized carbons (Fsp3) is 0.167. The molecule has 1 aromatic heterocycles. The summed E-state index contributed by atoms with van der Waals surface area (Å²) in [5.74, 6) is 0.327. The fourth-order valence-electron chi connectivity index (χ4n) is 3.17. The van der Waals surface area contributed by atoms with Crippen LogP contribution in [0.5, 0.6) is 5.75 Å². The van der Waals surface area contributed by atoms with Gasteiger partial charge < -0.3 is 15.0 Å². The molecule has 4 rings (SSSR count). The van der Waals surface area contributed by atoms with Crippen molar-refractivity contribution in [3.63, 3.8) is 0 Å². The summed E-state index contributed by atoms with van der Waals surface area (Å²) in [4.78, 5) is 21.0. The molecule has 1 atom stereocenters. The van der Waals surface area contributed by atoms with Crippen LogP contribution < -0.4 is 10.1 Å². The minimum absolute atomic E-state index is 0.143. The summed E-state index contributed by atoms with van der Waals surface area (Å²) in [7, 11) is 0. The van der Waals surface area contributed by atoms with Crippen LogP contribution in [0.2, 0.25) is 0 Å². The maximum absolute atomic E-state index is 13.1. The third kappa shape index (κ3) is 5.24. The van der Waals surface area contributed by atoms with E-state index in [-0.39, 0.29) is 11.7 Å². The maximum atomic E-state index is 13.1. The number of H-pyrrole nitrogens is 1. The number of carbonyl (C=O) groups is 1. The maximum Gasteiger partial charge on any atom is 0.238 e. The minimum atomic E-state index is -0.492. The van der Waals surface area contributed by atoms with E-state index in [1.807, 2.05) is 55.5 Å². The average Bonchev–Trinajstić information content (AvgIpc) is 3.19. The summed E-state index contributed by atoms with van der Waals surface area (Å²) < 4.78 is 18.7. The van der Waals surface area contributed by atoms with Gasteiger partial charge in [0.2, 0.25) is 5.91 Å². The van der Waals surface area contributed by atoms with E-state index in [0.717, 1.165) is 27.9 Å². The molecule has 3 aromatic carbocycles. The van der Waals surface area contributed by atoms with E-state index < -0.39 is 5.25 Å². The minimum Gasteiger partial charge on any atom is -0.494 e. The van der Waals surface area contributed by atoms with Gasteiger partial charge in [0, 0.05) is 12.6 Å². The number of nitrogens with one attached hydrogen (secondary N) is 2. The molecule has 0 saturated carbocycles. The number of rotatable bonds is 8. The lowest BCUT2D eigenvalue weighted by Gasteiger charge is -2.16. The highest BCUT2D eigenvalue weighted by molar-refractivity contribution is 8.00. The van der Waals surface area contributed by atoms with Crippen LogP contribution in [0, 0.1) is 5.82 Å². The molecular formula is C24H22FN3O2S. The Kier molecular flexibility index (Phi) is 6.52. The van der Waals surface area contributed by atoms with Gasteiger partial charge in [-0.15, -0.1) is 0 Å². The van der Waals surface area contributed by atoms with E-state index in [9.17, 15) is 9.18 Å². The van der Waals surface area contributed by atoms with Gasteiger partial charge in [-0.1, -0.05) is 54.2 Å².